The first kappa shape index (κ1) is 21.3. The number of halogens is 5. The van der Waals surface area contributed by atoms with Crippen LogP contribution in [0.5, 0.6) is 0 Å². The molecule has 0 N–H and O–H groups in total. The van der Waals surface area contributed by atoms with Crippen LogP contribution in [-0.4, -0.2) is 12.3 Å². The highest BCUT2D eigenvalue weighted by Crippen LogP contribution is 2.39. The largest absolute Gasteiger partial charge is 0.414 e. The van der Waals surface area contributed by atoms with Gasteiger partial charge in [-0.1, -0.05) is 25.5 Å². The Morgan fingerprint density at radius 3 is 2.33 bits per heavy atom. The van der Waals surface area contributed by atoms with Crippen molar-refractivity contribution in [2.24, 2.45) is 5.92 Å². The second-order valence-electron chi connectivity index (χ2n) is 8.51. The van der Waals surface area contributed by atoms with Gasteiger partial charge in [0.05, 0.1) is 6.61 Å². The summed E-state index contributed by atoms with van der Waals surface area (Å²) in [6.45, 7) is 1.86. The van der Waals surface area contributed by atoms with Crippen molar-refractivity contribution in [3.63, 3.8) is 0 Å². The van der Waals surface area contributed by atoms with Crippen molar-refractivity contribution in [2.75, 3.05) is 0 Å². The molecule has 1 aliphatic carbocycles. The minimum Gasteiger partial charge on any atom is -0.364 e. The molecule has 0 radical (unpaired) electrons. The summed E-state index contributed by atoms with van der Waals surface area (Å²) >= 11 is 0. The van der Waals surface area contributed by atoms with Crippen LogP contribution in [0.1, 0.15) is 61.6 Å². The molecule has 0 bridgehead atoms. The van der Waals surface area contributed by atoms with Gasteiger partial charge < -0.3 is 4.74 Å². The third-order valence-corrected chi connectivity index (χ3v) is 6.68. The molecule has 1 heterocycles. The van der Waals surface area contributed by atoms with Crippen molar-refractivity contribution < 1.29 is 26.7 Å². The van der Waals surface area contributed by atoms with Gasteiger partial charge in [0, 0.05) is 12.0 Å². The zero-order valence-electron chi connectivity index (χ0n) is 16.9. The van der Waals surface area contributed by atoms with Crippen LogP contribution in [0, 0.1) is 17.6 Å². The van der Waals surface area contributed by atoms with Gasteiger partial charge in [-0.3, -0.25) is 0 Å². The zero-order valence-corrected chi connectivity index (χ0v) is 16.9. The van der Waals surface area contributed by atoms with Crippen molar-refractivity contribution in [1.82, 2.24) is 0 Å². The van der Waals surface area contributed by atoms with E-state index in [-0.39, 0.29) is 17.7 Å². The molecule has 0 spiro atoms. The number of ether oxygens (including phenoxy) is 1. The summed E-state index contributed by atoms with van der Waals surface area (Å²) in [6.07, 6.45) is -1.54. The maximum Gasteiger partial charge on any atom is 0.414 e. The fraction of sp³-hybridized carbons (Fsp3) is 0.500. The molecule has 30 heavy (non-hydrogen) atoms. The molecule has 162 valence electrons. The Labute approximate surface area is 173 Å². The van der Waals surface area contributed by atoms with Crippen LogP contribution in [0.4, 0.5) is 22.0 Å². The molecule has 0 amide bonds. The Hall–Kier alpha value is -1.95. The van der Waals surface area contributed by atoms with Crippen molar-refractivity contribution in [3.05, 3.63) is 58.7 Å². The zero-order chi connectivity index (χ0) is 21.5. The van der Waals surface area contributed by atoms with Crippen molar-refractivity contribution in [3.8, 4) is 11.1 Å². The van der Waals surface area contributed by atoms with Crippen molar-refractivity contribution >= 4 is 0 Å². The van der Waals surface area contributed by atoms with E-state index < -0.39 is 30.3 Å². The number of hydrogen-bond donors (Lipinski definition) is 0. The lowest BCUT2D eigenvalue weighted by Gasteiger charge is -2.28. The summed E-state index contributed by atoms with van der Waals surface area (Å²) in [6, 6.07) is 7.74. The average molecular weight is 424 g/mol. The van der Waals surface area contributed by atoms with Crippen LogP contribution in [0.2, 0.25) is 0 Å². The summed E-state index contributed by atoms with van der Waals surface area (Å²) in [5.74, 6) is -0.0944. The Kier molecular flexibility index (Phi) is 5.88. The molecule has 1 nitrogen and oxygen atoms in total. The molecule has 1 fully saturated rings. The highest BCUT2D eigenvalue weighted by molar-refractivity contribution is 5.66. The Bertz CT molecular complexity index is 913. The molecule has 0 saturated heterocycles. The lowest BCUT2D eigenvalue weighted by atomic mass is 9.77. The van der Waals surface area contributed by atoms with Gasteiger partial charge >= 0.3 is 6.18 Å². The molecule has 1 unspecified atom stereocenters. The molecule has 1 atom stereocenters. The molecule has 0 aromatic heterocycles. The predicted octanol–water partition coefficient (Wildman–Crippen LogP) is 7.32. The fourth-order valence-electron chi connectivity index (χ4n) is 4.77. The predicted molar refractivity (Wildman–Crippen MR) is 105 cm³/mol. The lowest BCUT2D eigenvalue weighted by molar-refractivity contribution is -0.226. The molecule has 2 aliphatic rings. The number of benzene rings is 2. The molecule has 1 saturated carbocycles. The molecular formula is C24H25F5O. The second-order valence-corrected chi connectivity index (χ2v) is 8.51. The number of rotatable bonds is 3. The highest BCUT2D eigenvalue weighted by atomic mass is 19.4. The van der Waals surface area contributed by atoms with Gasteiger partial charge in [-0.25, -0.2) is 8.78 Å². The van der Waals surface area contributed by atoms with E-state index >= 15 is 0 Å². The fourth-order valence-corrected chi connectivity index (χ4v) is 4.77. The SMILES string of the molecule is CCC1CCC(c2ccc(-c3cc(F)c4c(c3)COC(C(F)(F)F)C4)c(F)c2)CC1. The normalized spacial score (nSPS) is 24.5. The second kappa shape index (κ2) is 8.29. The molecule has 2 aromatic carbocycles. The van der Waals surface area contributed by atoms with Crippen LogP contribution in [0.25, 0.3) is 11.1 Å². The van der Waals surface area contributed by atoms with Gasteiger partial charge in [-0.2, -0.15) is 13.2 Å². The number of fused-ring (bicyclic) bond motifs is 1. The molecule has 2 aromatic rings. The Morgan fingerprint density at radius 2 is 1.70 bits per heavy atom. The van der Waals surface area contributed by atoms with Gasteiger partial charge in [-0.15, -0.1) is 0 Å². The van der Waals surface area contributed by atoms with E-state index in [1.807, 2.05) is 6.07 Å². The quantitative estimate of drug-likeness (QED) is 0.469. The summed E-state index contributed by atoms with van der Waals surface area (Å²) in [4.78, 5) is 0. The van der Waals surface area contributed by atoms with E-state index in [2.05, 4.69) is 6.92 Å². The van der Waals surface area contributed by atoms with Crippen LogP contribution in [-0.2, 0) is 17.8 Å². The van der Waals surface area contributed by atoms with Crippen molar-refractivity contribution in [1.29, 1.82) is 0 Å². The van der Waals surface area contributed by atoms with E-state index in [4.69, 9.17) is 4.74 Å². The first-order valence-corrected chi connectivity index (χ1v) is 10.6. The van der Waals surface area contributed by atoms with Crippen LogP contribution >= 0.6 is 0 Å². The number of hydrogen-bond acceptors (Lipinski definition) is 1. The monoisotopic (exact) mass is 424 g/mol. The first-order chi connectivity index (χ1) is 14.3. The third kappa shape index (κ3) is 4.25. The van der Waals surface area contributed by atoms with E-state index in [1.54, 1.807) is 6.07 Å². The van der Waals surface area contributed by atoms with E-state index in [0.717, 1.165) is 43.2 Å². The Balaban J connectivity index is 1.57. The minimum absolute atomic E-state index is 0.00274. The summed E-state index contributed by atoms with van der Waals surface area (Å²) < 4.78 is 73.1. The molecule has 1 aliphatic heterocycles. The molecule has 6 heteroatoms. The van der Waals surface area contributed by atoms with Crippen LogP contribution < -0.4 is 0 Å². The summed E-state index contributed by atoms with van der Waals surface area (Å²) in [5.41, 5.74) is 1.86. The topological polar surface area (TPSA) is 9.23 Å². The average Bonchev–Trinajstić information content (AvgIpc) is 2.72. The lowest BCUT2D eigenvalue weighted by Crippen LogP contribution is -2.37. The smallest absolute Gasteiger partial charge is 0.364 e. The maximum absolute atomic E-state index is 14.9. The van der Waals surface area contributed by atoms with Gasteiger partial charge in [0.25, 0.3) is 0 Å². The van der Waals surface area contributed by atoms with E-state index in [0.29, 0.717) is 17.0 Å². The summed E-state index contributed by atoms with van der Waals surface area (Å²) in [7, 11) is 0. The Morgan fingerprint density at radius 1 is 0.967 bits per heavy atom. The van der Waals surface area contributed by atoms with Crippen LogP contribution in [0.15, 0.2) is 30.3 Å². The first-order valence-electron chi connectivity index (χ1n) is 10.6. The van der Waals surface area contributed by atoms with E-state index in [9.17, 15) is 22.0 Å². The molecular weight excluding hydrogens is 399 g/mol. The van der Waals surface area contributed by atoms with E-state index in [1.165, 1.54) is 18.6 Å². The maximum atomic E-state index is 14.9. The van der Waals surface area contributed by atoms with Gasteiger partial charge in [0.2, 0.25) is 0 Å². The minimum atomic E-state index is -4.54. The van der Waals surface area contributed by atoms with Gasteiger partial charge in [0.1, 0.15) is 11.6 Å². The standard InChI is InChI=1S/C24H25F5O/c1-2-14-3-5-15(6-4-14)16-7-8-19(21(25)10-16)17-9-18-13-30-23(24(27,28)29)12-20(18)22(26)11-17/h7-11,14-15,23H,2-6,12-13H2,1H3. The summed E-state index contributed by atoms with van der Waals surface area (Å²) in [5, 5.41) is 0. The number of alkyl halides is 3. The van der Waals surface area contributed by atoms with Crippen molar-refractivity contribution in [2.45, 2.75) is 70.3 Å². The highest BCUT2D eigenvalue weighted by Gasteiger charge is 2.43. The van der Waals surface area contributed by atoms with Crippen LogP contribution in [0.3, 0.4) is 0 Å². The van der Waals surface area contributed by atoms with Gasteiger partial charge in [0.15, 0.2) is 6.10 Å². The molecule has 4 rings (SSSR count). The van der Waals surface area contributed by atoms with Gasteiger partial charge in [-0.05, 0) is 78.0 Å². The third-order valence-electron chi connectivity index (χ3n) is 6.68.